The maximum absolute atomic E-state index is 6.28. The number of rotatable bonds is 7. The Balaban J connectivity index is 1.95. The summed E-state index contributed by atoms with van der Waals surface area (Å²) in [5.41, 5.74) is 1.23. The first-order chi connectivity index (χ1) is 10.2. The van der Waals surface area contributed by atoms with E-state index in [0.29, 0.717) is 6.04 Å². The second-order valence-corrected chi connectivity index (χ2v) is 6.81. The molecule has 1 N–H and O–H groups in total. The summed E-state index contributed by atoms with van der Waals surface area (Å²) >= 11 is 6.28. The van der Waals surface area contributed by atoms with Gasteiger partial charge in [-0.1, -0.05) is 51.1 Å². The fourth-order valence-electron chi connectivity index (χ4n) is 3.76. The average Bonchev–Trinajstić information content (AvgIpc) is 2.50. The first kappa shape index (κ1) is 16.8. The molecule has 118 valence electrons. The van der Waals surface area contributed by atoms with E-state index in [1.807, 2.05) is 6.20 Å². The fourth-order valence-corrected chi connectivity index (χ4v) is 3.96. The van der Waals surface area contributed by atoms with E-state index in [9.17, 15) is 0 Å². The van der Waals surface area contributed by atoms with Crippen LogP contribution in [-0.4, -0.2) is 17.6 Å². The van der Waals surface area contributed by atoms with Crippen LogP contribution in [0.3, 0.4) is 0 Å². The van der Waals surface area contributed by atoms with E-state index >= 15 is 0 Å². The predicted octanol–water partition coefficient (Wildman–Crippen LogP) is 4.86. The third kappa shape index (κ3) is 4.96. The van der Waals surface area contributed by atoms with Gasteiger partial charge in [-0.2, -0.15) is 0 Å². The van der Waals surface area contributed by atoms with Gasteiger partial charge in [-0.05, 0) is 49.3 Å². The minimum atomic E-state index is 0.553. The van der Waals surface area contributed by atoms with E-state index in [1.165, 1.54) is 44.1 Å². The van der Waals surface area contributed by atoms with Crippen LogP contribution in [0.5, 0.6) is 0 Å². The molecule has 3 heteroatoms. The number of likely N-dealkylation sites (N-methyl/N-ethyl adjacent to an activating group) is 1. The lowest BCUT2D eigenvalue weighted by Gasteiger charge is -2.34. The summed E-state index contributed by atoms with van der Waals surface area (Å²) in [5, 5.41) is 4.50. The van der Waals surface area contributed by atoms with E-state index in [-0.39, 0.29) is 0 Å². The van der Waals surface area contributed by atoms with Crippen LogP contribution in [0, 0.1) is 11.8 Å². The number of halogens is 1. The number of pyridine rings is 1. The summed E-state index contributed by atoms with van der Waals surface area (Å²) in [4.78, 5) is 4.09. The van der Waals surface area contributed by atoms with E-state index in [0.717, 1.165) is 29.8 Å². The molecular formula is C18H29ClN2. The van der Waals surface area contributed by atoms with Crippen molar-refractivity contribution in [2.24, 2.45) is 11.8 Å². The summed E-state index contributed by atoms with van der Waals surface area (Å²) < 4.78 is 0. The number of hydrogen-bond acceptors (Lipinski definition) is 2. The molecule has 1 heterocycles. The zero-order chi connectivity index (χ0) is 15.1. The highest BCUT2D eigenvalue weighted by Gasteiger charge is 2.27. The van der Waals surface area contributed by atoms with Gasteiger partial charge < -0.3 is 5.32 Å². The minimum Gasteiger partial charge on any atom is -0.314 e. The highest BCUT2D eigenvalue weighted by molar-refractivity contribution is 6.31. The second kappa shape index (κ2) is 8.75. The summed E-state index contributed by atoms with van der Waals surface area (Å²) in [5.74, 6) is 1.76. The molecule has 0 aliphatic heterocycles. The van der Waals surface area contributed by atoms with Gasteiger partial charge in [-0.25, -0.2) is 0 Å². The monoisotopic (exact) mass is 308 g/mol. The third-order valence-electron chi connectivity index (χ3n) is 4.92. The molecule has 1 saturated carbocycles. The van der Waals surface area contributed by atoms with Gasteiger partial charge in [0.1, 0.15) is 0 Å². The molecule has 0 bridgehead atoms. The van der Waals surface area contributed by atoms with Crippen LogP contribution in [0.15, 0.2) is 18.5 Å². The zero-order valence-electron chi connectivity index (χ0n) is 13.4. The van der Waals surface area contributed by atoms with Gasteiger partial charge in [0.05, 0.1) is 5.02 Å². The summed E-state index contributed by atoms with van der Waals surface area (Å²) in [6.45, 7) is 5.53. The molecule has 1 atom stereocenters. The molecule has 1 aromatic heterocycles. The molecule has 1 aromatic rings. The summed E-state index contributed by atoms with van der Waals surface area (Å²) in [6.07, 6.45) is 12.9. The molecule has 2 nitrogen and oxygen atoms in total. The predicted molar refractivity (Wildman–Crippen MR) is 90.8 cm³/mol. The smallest absolute Gasteiger partial charge is 0.0621 e. The van der Waals surface area contributed by atoms with Crippen molar-refractivity contribution in [3.05, 3.63) is 29.0 Å². The molecule has 1 aliphatic rings. The largest absolute Gasteiger partial charge is 0.314 e. The molecule has 0 spiro atoms. The van der Waals surface area contributed by atoms with Crippen molar-refractivity contribution >= 4 is 11.6 Å². The van der Waals surface area contributed by atoms with Crippen molar-refractivity contribution in [1.82, 2.24) is 10.3 Å². The number of nitrogens with zero attached hydrogens (tertiary/aromatic N) is 1. The maximum Gasteiger partial charge on any atom is 0.0621 e. The Hall–Kier alpha value is -0.600. The Kier molecular flexibility index (Phi) is 6.98. The Morgan fingerprint density at radius 1 is 1.29 bits per heavy atom. The molecule has 0 radical (unpaired) electrons. The van der Waals surface area contributed by atoms with Crippen molar-refractivity contribution < 1.29 is 0 Å². The molecule has 21 heavy (non-hydrogen) atoms. The quantitative estimate of drug-likeness (QED) is 0.778. The molecule has 1 fully saturated rings. The lowest BCUT2D eigenvalue weighted by atomic mass is 9.76. The van der Waals surface area contributed by atoms with E-state index < -0.39 is 0 Å². The normalized spacial score (nSPS) is 24.0. The molecule has 0 saturated heterocycles. The van der Waals surface area contributed by atoms with Gasteiger partial charge in [0.2, 0.25) is 0 Å². The Morgan fingerprint density at radius 3 is 2.67 bits per heavy atom. The number of hydrogen-bond donors (Lipinski definition) is 1. The zero-order valence-corrected chi connectivity index (χ0v) is 14.2. The third-order valence-corrected chi connectivity index (χ3v) is 5.26. The Labute approximate surface area is 134 Å². The van der Waals surface area contributed by atoms with Gasteiger partial charge in [-0.15, -0.1) is 0 Å². The minimum absolute atomic E-state index is 0.553. The topological polar surface area (TPSA) is 24.9 Å². The van der Waals surface area contributed by atoms with E-state index in [4.69, 9.17) is 11.6 Å². The van der Waals surface area contributed by atoms with Crippen LogP contribution < -0.4 is 5.32 Å². The first-order valence-corrected chi connectivity index (χ1v) is 8.94. The van der Waals surface area contributed by atoms with Gasteiger partial charge in [0, 0.05) is 18.4 Å². The number of nitrogens with one attached hydrogen (secondary N) is 1. The van der Waals surface area contributed by atoms with Gasteiger partial charge >= 0.3 is 0 Å². The van der Waals surface area contributed by atoms with Crippen molar-refractivity contribution in [1.29, 1.82) is 0 Å². The average molecular weight is 309 g/mol. The fraction of sp³-hybridized carbons (Fsp3) is 0.722. The van der Waals surface area contributed by atoms with Crippen molar-refractivity contribution in [2.45, 2.75) is 64.8 Å². The van der Waals surface area contributed by atoms with Crippen LogP contribution in [-0.2, 0) is 6.42 Å². The molecule has 2 rings (SSSR count). The van der Waals surface area contributed by atoms with Crippen molar-refractivity contribution in [3.8, 4) is 0 Å². The highest BCUT2D eigenvalue weighted by atomic mass is 35.5. The lowest BCUT2D eigenvalue weighted by Crippen LogP contribution is -2.39. The molecule has 1 unspecified atom stereocenters. The first-order valence-electron chi connectivity index (χ1n) is 8.56. The number of aromatic nitrogens is 1. The maximum atomic E-state index is 6.28. The standard InChI is InChI=1S/C18H29ClN2/c1-3-5-14-6-8-15(9-7-14)18(21-4-2)12-16-10-11-20-13-17(16)19/h10-11,13-15,18,21H,3-9,12H2,1-2H3. The van der Waals surface area contributed by atoms with Crippen LogP contribution in [0.1, 0.15) is 57.9 Å². The van der Waals surface area contributed by atoms with Gasteiger partial charge in [0.25, 0.3) is 0 Å². The van der Waals surface area contributed by atoms with Gasteiger partial charge in [0.15, 0.2) is 0 Å². The van der Waals surface area contributed by atoms with Crippen molar-refractivity contribution in [2.75, 3.05) is 6.54 Å². The molecule has 0 aromatic carbocycles. The Bertz CT molecular complexity index is 413. The second-order valence-electron chi connectivity index (χ2n) is 6.40. The summed E-state index contributed by atoms with van der Waals surface area (Å²) in [6, 6.07) is 2.62. The van der Waals surface area contributed by atoms with Crippen LogP contribution >= 0.6 is 11.6 Å². The van der Waals surface area contributed by atoms with E-state index in [2.05, 4.69) is 30.2 Å². The SMILES string of the molecule is CCCC1CCC(C(Cc2ccncc2Cl)NCC)CC1. The highest BCUT2D eigenvalue weighted by Crippen LogP contribution is 2.34. The van der Waals surface area contributed by atoms with Gasteiger partial charge in [-0.3, -0.25) is 4.98 Å². The van der Waals surface area contributed by atoms with Crippen LogP contribution in [0.25, 0.3) is 0 Å². The lowest BCUT2D eigenvalue weighted by molar-refractivity contribution is 0.213. The van der Waals surface area contributed by atoms with Crippen LogP contribution in [0.4, 0.5) is 0 Å². The molecule has 0 amide bonds. The van der Waals surface area contributed by atoms with Crippen LogP contribution in [0.2, 0.25) is 5.02 Å². The van der Waals surface area contributed by atoms with Crippen molar-refractivity contribution in [3.63, 3.8) is 0 Å². The molecule has 1 aliphatic carbocycles. The Morgan fingerprint density at radius 2 is 2.05 bits per heavy atom. The van der Waals surface area contributed by atoms with E-state index in [1.54, 1.807) is 6.20 Å². The summed E-state index contributed by atoms with van der Waals surface area (Å²) in [7, 11) is 0. The molecular weight excluding hydrogens is 280 g/mol.